The molecule has 6 heteroatoms. The van der Waals surface area contributed by atoms with Crippen LogP contribution in [0.25, 0.3) is 0 Å². The molecule has 0 spiro atoms. The van der Waals surface area contributed by atoms with Crippen molar-refractivity contribution in [3.63, 3.8) is 0 Å². The van der Waals surface area contributed by atoms with Gasteiger partial charge in [0.2, 0.25) is 0 Å². The maximum Gasteiger partial charge on any atom is 0.257 e. The number of benzene rings is 3. The van der Waals surface area contributed by atoms with Crippen molar-refractivity contribution in [2.45, 2.75) is 12.6 Å². The number of para-hydroxylation sites is 1. The molecular formula is C27H29N3O3. The molecule has 3 aromatic rings. The van der Waals surface area contributed by atoms with Gasteiger partial charge in [0.25, 0.3) is 5.91 Å². The number of methoxy groups -OCH3 is 1. The maximum atomic E-state index is 13.5. The summed E-state index contributed by atoms with van der Waals surface area (Å²) < 4.78 is 10.7. The maximum absolute atomic E-state index is 13.5. The Hall–Kier alpha value is -3.51. The third kappa shape index (κ3) is 4.52. The van der Waals surface area contributed by atoms with Gasteiger partial charge < -0.3 is 24.6 Å². The normalized spacial score (nSPS) is 18.0. The molecule has 2 heterocycles. The molecule has 0 unspecified atom stereocenters. The van der Waals surface area contributed by atoms with E-state index >= 15 is 0 Å². The van der Waals surface area contributed by atoms with Crippen LogP contribution in [0.15, 0.2) is 72.8 Å². The highest BCUT2D eigenvalue weighted by molar-refractivity contribution is 6.01. The summed E-state index contributed by atoms with van der Waals surface area (Å²) in [5.74, 6) is 0.891. The van der Waals surface area contributed by atoms with Crippen molar-refractivity contribution < 1.29 is 14.3 Å². The summed E-state index contributed by atoms with van der Waals surface area (Å²) in [5.41, 5.74) is 5.03. The van der Waals surface area contributed by atoms with E-state index in [4.69, 9.17) is 9.47 Å². The first-order valence-electron chi connectivity index (χ1n) is 11.4. The SMILES string of the molecule is COc1ccc(CCN2C(=O)c3ccccc3N[C@@H]2c2ccc(N3CCOCC3)cc2)cc1. The average molecular weight is 444 g/mol. The molecule has 1 N–H and O–H groups in total. The van der Waals surface area contributed by atoms with Crippen LogP contribution in [0.3, 0.4) is 0 Å². The highest BCUT2D eigenvalue weighted by atomic mass is 16.5. The van der Waals surface area contributed by atoms with Crippen LogP contribution < -0.4 is 15.0 Å². The van der Waals surface area contributed by atoms with Crippen molar-refractivity contribution in [1.29, 1.82) is 0 Å². The fourth-order valence-corrected chi connectivity index (χ4v) is 4.52. The Balaban J connectivity index is 1.39. The molecule has 170 valence electrons. The number of hydrogen-bond donors (Lipinski definition) is 1. The van der Waals surface area contributed by atoms with Gasteiger partial charge in [-0.1, -0.05) is 36.4 Å². The van der Waals surface area contributed by atoms with Crippen LogP contribution in [-0.2, 0) is 11.2 Å². The highest BCUT2D eigenvalue weighted by Gasteiger charge is 2.32. The molecule has 3 aromatic carbocycles. The number of nitrogens with one attached hydrogen (secondary N) is 1. The van der Waals surface area contributed by atoms with E-state index in [0.717, 1.165) is 49.7 Å². The molecule has 33 heavy (non-hydrogen) atoms. The number of carbonyl (C=O) groups is 1. The van der Waals surface area contributed by atoms with Gasteiger partial charge in [-0.05, 0) is 53.9 Å². The first-order valence-corrected chi connectivity index (χ1v) is 11.4. The van der Waals surface area contributed by atoms with Crippen LogP contribution in [0, 0.1) is 0 Å². The van der Waals surface area contributed by atoms with Crippen LogP contribution in [0.5, 0.6) is 5.75 Å². The van der Waals surface area contributed by atoms with Gasteiger partial charge in [0.15, 0.2) is 0 Å². The molecule has 0 radical (unpaired) electrons. The lowest BCUT2D eigenvalue weighted by Gasteiger charge is -2.38. The molecule has 0 aliphatic carbocycles. The summed E-state index contributed by atoms with van der Waals surface area (Å²) in [5, 5.41) is 3.60. The quantitative estimate of drug-likeness (QED) is 0.614. The standard InChI is InChI=1S/C27H29N3O3/c1-32-23-12-6-20(7-13-23)14-15-30-26(28-25-5-3-2-4-24(25)27(30)31)21-8-10-22(11-9-21)29-16-18-33-19-17-29/h2-13,26,28H,14-19H2,1H3/t26-/m0/s1. The highest BCUT2D eigenvalue weighted by Crippen LogP contribution is 2.34. The number of rotatable bonds is 6. The Morgan fingerprint density at radius 3 is 2.42 bits per heavy atom. The third-order valence-electron chi connectivity index (χ3n) is 6.41. The topological polar surface area (TPSA) is 54.0 Å². The third-order valence-corrected chi connectivity index (χ3v) is 6.41. The molecule has 1 saturated heterocycles. The Kier molecular flexibility index (Phi) is 6.17. The van der Waals surface area contributed by atoms with Crippen molar-refractivity contribution in [3.05, 3.63) is 89.5 Å². The summed E-state index contributed by atoms with van der Waals surface area (Å²) in [6.07, 6.45) is 0.548. The number of hydrogen-bond acceptors (Lipinski definition) is 5. The lowest BCUT2D eigenvalue weighted by atomic mass is 10.0. The molecule has 0 bridgehead atoms. The van der Waals surface area contributed by atoms with E-state index in [1.54, 1.807) is 7.11 Å². The minimum absolute atomic E-state index is 0.0557. The van der Waals surface area contributed by atoms with Crippen LogP contribution >= 0.6 is 0 Å². The van der Waals surface area contributed by atoms with Crippen LogP contribution in [0.4, 0.5) is 11.4 Å². The van der Waals surface area contributed by atoms with Gasteiger partial charge in [0.1, 0.15) is 11.9 Å². The van der Waals surface area contributed by atoms with Crippen molar-refractivity contribution in [1.82, 2.24) is 4.90 Å². The van der Waals surface area contributed by atoms with E-state index in [1.165, 1.54) is 11.3 Å². The Morgan fingerprint density at radius 2 is 1.70 bits per heavy atom. The fourth-order valence-electron chi connectivity index (χ4n) is 4.52. The number of morpholine rings is 1. The van der Waals surface area contributed by atoms with E-state index in [1.807, 2.05) is 41.3 Å². The summed E-state index contributed by atoms with van der Waals surface area (Å²) >= 11 is 0. The predicted octanol–water partition coefficient (Wildman–Crippen LogP) is 4.34. The Labute approximate surface area is 194 Å². The number of amides is 1. The van der Waals surface area contributed by atoms with Crippen LogP contribution in [0.2, 0.25) is 0 Å². The number of ether oxygens (including phenoxy) is 2. The molecular weight excluding hydrogens is 414 g/mol. The summed E-state index contributed by atoms with van der Waals surface area (Å²) in [4.78, 5) is 17.8. The Morgan fingerprint density at radius 1 is 0.970 bits per heavy atom. The van der Waals surface area contributed by atoms with E-state index < -0.39 is 0 Å². The molecule has 1 fully saturated rings. The van der Waals surface area contributed by atoms with Gasteiger partial charge in [0, 0.05) is 31.0 Å². The monoisotopic (exact) mass is 443 g/mol. The zero-order valence-corrected chi connectivity index (χ0v) is 18.9. The van der Waals surface area contributed by atoms with Crippen molar-refractivity contribution in [3.8, 4) is 5.75 Å². The van der Waals surface area contributed by atoms with E-state index in [2.05, 4.69) is 46.6 Å². The van der Waals surface area contributed by atoms with Gasteiger partial charge in [-0.3, -0.25) is 4.79 Å². The molecule has 0 saturated carbocycles. The lowest BCUT2D eigenvalue weighted by Crippen LogP contribution is -2.44. The molecule has 5 rings (SSSR count). The average Bonchev–Trinajstić information content (AvgIpc) is 2.89. The number of carbonyl (C=O) groups excluding carboxylic acids is 1. The van der Waals surface area contributed by atoms with Crippen molar-refractivity contribution in [2.75, 3.05) is 50.2 Å². The summed E-state index contributed by atoms with van der Waals surface area (Å²) in [6, 6.07) is 24.3. The molecule has 6 nitrogen and oxygen atoms in total. The first-order chi connectivity index (χ1) is 16.2. The number of anilines is 2. The predicted molar refractivity (Wildman–Crippen MR) is 130 cm³/mol. The van der Waals surface area contributed by atoms with E-state index in [9.17, 15) is 4.79 Å². The summed E-state index contributed by atoms with van der Waals surface area (Å²) in [7, 11) is 1.67. The van der Waals surface area contributed by atoms with Crippen molar-refractivity contribution in [2.24, 2.45) is 0 Å². The van der Waals surface area contributed by atoms with Gasteiger partial charge in [-0.2, -0.15) is 0 Å². The first kappa shape index (κ1) is 21.3. The van der Waals surface area contributed by atoms with Gasteiger partial charge in [0.05, 0.1) is 25.9 Å². The molecule has 2 aliphatic rings. The Bertz CT molecular complexity index is 1090. The second-order valence-electron chi connectivity index (χ2n) is 8.38. The second kappa shape index (κ2) is 9.55. The zero-order chi connectivity index (χ0) is 22.6. The molecule has 1 atom stereocenters. The molecule has 1 amide bonds. The van der Waals surface area contributed by atoms with E-state index in [-0.39, 0.29) is 12.1 Å². The van der Waals surface area contributed by atoms with E-state index in [0.29, 0.717) is 12.1 Å². The molecule has 2 aliphatic heterocycles. The second-order valence-corrected chi connectivity index (χ2v) is 8.38. The number of fused-ring (bicyclic) bond motifs is 1. The minimum Gasteiger partial charge on any atom is -0.497 e. The summed E-state index contributed by atoms with van der Waals surface area (Å²) in [6.45, 7) is 3.94. The largest absolute Gasteiger partial charge is 0.497 e. The van der Waals surface area contributed by atoms with Crippen LogP contribution in [0.1, 0.15) is 27.7 Å². The van der Waals surface area contributed by atoms with Crippen molar-refractivity contribution >= 4 is 17.3 Å². The smallest absolute Gasteiger partial charge is 0.257 e. The fraction of sp³-hybridized carbons (Fsp3) is 0.296. The molecule has 0 aromatic heterocycles. The van der Waals surface area contributed by atoms with Gasteiger partial charge >= 0.3 is 0 Å². The number of nitrogens with zero attached hydrogens (tertiary/aromatic N) is 2. The van der Waals surface area contributed by atoms with Gasteiger partial charge in [-0.25, -0.2) is 0 Å². The zero-order valence-electron chi connectivity index (χ0n) is 18.9. The minimum atomic E-state index is -0.218. The van der Waals surface area contributed by atoms with Gasteiger partial charge in [-0.15, -0.1) is 0 Å². The lowest BCUT2D eigenvalue weighted by molar-refractivity contribution is 0.0685. The van der Waals surface area contributed by atoms with Crippen LogP contribution in [-0.4, -0.2) is 50.8 Å².